The molecule has 0 aromatic heterocycles. The lowest BCUT2D eigenvalue weighted by Gasteiger charge is -2.00. The van der Waals surface area contributed by atoms with E-state index in [0.29, 0.717) is 0 Å². The first-order chi connectivity index (χ1) is 5.63. The lowest BCUT2D eigenvalue weighted by Crippen LogP contribution is -1.85. The van der Waals surface area contributed by atoms with Crippen LogP contribution in [0.4, 0.5) is 0 Å². The minimum absolute atomic E-state index is 0.847. The van der Waals surface area contributed by atoms with Gasteiger partial charge in [-0.1, -0.05) is 39.8 Å². The summed E-state index contributed by atoms with van der Waals surface area (Å²) in [6, 6.07) is 0. The summed E-state index contributed by atoms with van der Waals surface area (Å²) in [5, 5.41) is 0. The Balaban J connectivity index is 3.15. The van der Waals surface area contributed by atoms with Crippen LogP contribution in [-0.4, -0.2) is 0 Å². The summed E-state index contributed by atoms with van der Waals surface area (Å²) in [7, 11) is 0. The van der Waals surface area contributed by atoms with Crippen LogP contribution in [0.3, 0.4) is 0 Å². The zero-order valence-corrected chi connectivity index (χ0v) is 9.14. The summed E-state index contributed by atoms with van der Waals surface area (Å²) in [5.74, 6) is 1.69. The summed E-state index contributed by atoms with van der Waals surface area (Å²) < 4.78 is 0. The number of hydrogen-bond donors (Lipinski definition) is 0. The monoisotopic (exact) mass is 168 g/mol. The Morgan fingerprint density at radius 2 is 1.08 bits per heavy atom. The van der Waals surface area contributed by atoms with Crippen LogP contribution in [0, 0.1) is 11.8 Å². The molecule has 0 atom stereocenters. The lowest BCUT2D eigenvalue weighted by atomic mass is 10.1. The number of rotatable bonds is 6. The topological polar surface area (TPSA) is 0 Å². The highest BCUT2D eigenvalue weighted by atomic mass is 14.0. The van der Waals surface area contributed by atoms with E-state index in [2.05, 4.69) is 39.8 Å². The first kappa shape index (κ1) is 11.7. The molecule has 0 spiro atoms. The molecule has 0 heteroatoms. The highest BCUT2D eigenvalue weighted by Crippen LogP contribution is 2.07. The van der Waals surface area contributed by atoms with Crippen molar-refractivity contribution in [1.29, 1.82) is 0 Å². The molecule has 72 valence electrons. The largest absolute Gasteiger partial charge is 0.0885 e. The fourth-order valence-corrected chi connectivity index (χ4v) is 1.09. The Kier molecular flexibility index (Phi) is 7.23. The molecule has 0 radical (unpaired) electrons. The maximum atomic E-state index is 2.34. The Bertz CT molecular complexity index is 95.2. The van der Waals surface area contributed by atoms with Crippen LogP contribution >= 0.6 is 0 Å². The van der Waals surface area contributed by atoms with Crippen LogP contribution in [0.5, 0.6) is 0 Å². The van der Waals surface area contributed by atoms with E-state index in [9.17, 15) is 0 Å². The van der Waals surface area contributed by atoms with E-state index in [1.807, 2.05) is 0 Å². The Labute approximate surface area is 78.1 Å². The summed E-state index contributed by atoms with van der Waals surface area (Å²) in [4.78, 5) is 0. The maximum Gasteiger partial charge on any atom is -0.0348 e. The lowest BCUT2D eigenvalue weighted by molar-refractivity contribution is 0.585. The van der Waals surface area contributed by atoms with Crippen molar-refractivity contribution in [2.24, 2.45) is 11.8 Å². The molecule has 12 heavy (non-hydrogen) atoms. The van der Waals surface area contributed by atoms with E-state index < -0.39 is 0 Å². The van der Waals surface area contributed by atoms with Crippen LogP contribution in [0.15, 0.2) is 12.2 Å². The average molecular weight is 168 g/mol. The fourth-order valence-electron chi connectivity index (χ4n) is 1.09. The van der Waals surface area contributed by atoms with Crippen molar-refractivity contribution in [3.05, 3.63) is 12.2 Å². The van der Waals surface area contributed by atoms with Gasteiger partial charge in [0.15, 0.2) is 0 Å². The van der Waals surface area contributed by atoms with Gasteiger partial charge in [-0.3, -0.25) is 0 Å². The summed E-state index contributed by atoms with van der Waals surface area (Å²) >= 11 is 0. The normalized spacial score (nSPS) is 12.2. The average Bonchev–Trinajstić information content (AvgIpc) is 1.95. The van der Waals surface area contributed by atoms with Crippen molar-refractivity contribution < 1.29 is 0 Å². The highest BCUT2D eigenvalue weighted by Gasteiger charge is 1.91. The molecule has 0 saturated heterocycles. The van der Waals surface area contributed by atoms with E-state index >= 15 is 0 Å². The zero-order valence-electron chi connectivity index (χ0n) is 9.14. The zero-order chi connectivity index (χ0) is 9.40. The molecule has 0 rings (SSSR count). The van der Waals surface area contributed by atoms with Gasteiger partial charge in [0, 0.05) is 0 Å². The molecular formula is C12H24. The highest BCUT2D eigenvalue weighted by molar-refractivity contribution is 4.81. The van der Waals surface area contributed by atoms with Crippen LogP contribution in [0.2, 0.25) is 0 Å². The summed E-state index contributed by atoms with van der Waals surface area (Å²) in [5.41, 5.74) is 0. The Hall–Kier alpha value is -0.260. The van der Waals surface area contributed by atoms with Gasteiger partial charge in [-0.25, -0.2) is 0 Å². The third kappa shape index (κ3) is 9.74. The van der Waals surface area contributed by atoms with Crippen molar-refractivity contribution in [2.75, 3.05) is 0 Å². The maximum absolute atomic E-state index is 2.34. The molecule has 0 aromatic rings. The molecule has 0 bridgehead atoms. The van der Waals surface area contributed by atoms with Crippen molar-refractivity contribution in [3.8, 4) is 0 Å². The van der Waals surface area contributed by atoms with Crippen LogP contribution in [0.25, 0.3) is 0 Å². The third-order valence-electron chi connectivity index (χ3n) is 1.99. The molecule has 0 heterocycles. The molecular weight excluding hydrogens is 144 g/mol. The van der Waals surface area contributed by atoms with Gasteiger partial charge in [0.2, 0.25) is 0 Å². The van der Waals surface area contributed by atoms with Crippen molar-refractivity contribution in [2.45, 2.75) is 53.4 Å². The second kappa shape index (κ2) is 7.39. The minimum atomic E-state index is 0.847. The smallest absolute Gasteiger partial charge is 0.0348 e. The second-order valence-electron chi connectivity index (χ2n) is 4.41. The van der Waals surface area contributed by atoms with Crippen LogP contribution < -0.4 is 0 Å². The Morgan fingerprint density at radius 3 is 1.33 bits per heavy atom. The molecule has 0 fully saturated rings. The fraction of sp³-hybridized carbons (Fsp3) is 0.833. The van der Waals surface area contributed by atoms with Crippen LogP contribution in [0.1, 0.15) is 53.4 Å². The molecule has 0 aliphatic carbocycles. The third-order valence-corrected chi connectivity index (χ3v) is 1.99. The van der Waals surface area contributed by atoms with E-state index in [0.717, 1.165) is 11.8 Å². The van der Waals surface area contributed by atoms with Gasteiger partial charge in [-0.2, -0.15) is 0 Å². The van der Waals surface area contributed by atoms with Gasteiger partial charge >= 0.3 is 0 Å². The van der Waals surface area contributed by atoms with Gasteiger partial charge in [-0.15, -0.1) is 0 Å². The SMILES string of the molecule is CC(C)CC/C=C\CCC(C)C. The number of allylic oxidation sites excluding steroid dienone is 2. The molecule has 0 unspecified atom stereocenters. The molecule has 0 nitrogen and oxygen atoms in total. The van der Waals surface area contributed by atoms with Gasteiger partial charge in [0.25, 0.3) is 0 Å². The van der Waals surface area contributed by atoms with Crippen molar-refractivity contribution >= 4 is 0 Å². The summed E-state index contributed by atoms with van der Waals surface area (Å²) in [6.07, 6.45) is 9.85. The molecule has 0 N–H and O–H groups in total. The standard InChI is InChI=1S/C12H24/c1-11(2)9-7-5-6-8-10-12(3)4/h5-6,11-12H,7-10H2,1-4H3/b6-5-. The van der Waals surface area contributed by atoms with Crippen molar-refractivity contribution in [3.63, 3.8) is 0 Å². The predicted molar refractivity (Wildman–Crippen MR) is 57.3 cm³/mol. The van der Waals surface area contributed by atoms with Gasteiger partial charge in [-0.05, 0) is 37.5 Å². The van der Waals surface area contributed by atoms with Crippen molar-refractivity contribution in [1.82, 2.24) is 0 Å². The van der Waals surface area contributed by atoms with Gasteiger partial charge < -0.3 is 0 Å². The van der Waals surface area contributed by atoms with Gasteiger partial charge in [0.05, 0.1) is 0 Å². The first-order valence-electron chi connectivity index (χ1n) is 5.28. The first-order valence-corrected chi connectivity index (χ1v) is 5.28. The quantitative estimate of drug-likeness (QED) is 0.515. The molecule has 0 aliphatic rings. The predicted octanol–water partition coefficient (Wildman–Crippen LogP) is 4.42. The summed E-state index contributed by atoms with van der Waals surface area (Å²) in [6.45, 7) is 9.12. The molecule has 0 aliphatic heterocycles. The van der Waals surface area contributed by atoms with E-state index in [-0.39, 0.29) is 0 Å². The van der Waals surface area contributed by atoms with E-state index in [1.54, 1.807) is 0 Å². The minimum Gasteiger partial charge on any atom is -0.0885 e. The van der Waals surface area contributed by atoms with Gasteiger partial charge in [0.1, 0.15) is 0 Å². The Morgan fingerprint density at radius 1 is 0.750 bits per heavy atom. The second-order valence-corrected chi connectivity index (χ2v) is 4.41. The van der Waals surface area contributed by atoms with E-state index in [1.165, 1.54) is 25.7 Å². The molecule has 0 saturated carbocycles. The number of hydrogen-bond acceptors (Lipinski definition) is 0. The van der Waals surface area contributed by atoms with Crippen LogP contribution in [-0.2, 0) is 0 Å². The molecule has 0 aromatic carbocycles. The van der Waals surface area contributed by atoms with E-state index in [4.69, 9.17) is 0 Å². The molecule has 0 amide bonds.